The van der Waals surface area contributed by atoms with E-state index in [0.717, 1.165) is 36.1 Å². The lowest BCUT2D eigenvalue weighted by molar-refractivity contribution is -0.385. The minimum absolute atomic E-state index is 0.0179. The first-order chi connectivity index (χ1) is 21.2. The molecule has 3 aliphatic heterocycles. The number of carbonyl (C=O) groups excluding carboxylic acids is 2. The third-order valence-electron chi connectivity index (χ3n) is 8.64. The summed E-state index contributed by atoms with van der Waals surface area (Å²) in [6, 6.07) is 13.6. The fourth-order valence-electron chi connectivity index (χ4n) is 5.84. The topological polar surface area (TPSA) is 118 Å². The Morgan fingerprint density at radius 2 is 1.75 bits per heavy atom. The highest BCUT2D eigenvalue weighted by Gasteiger charge is 2.32. The van der Waals surface area contributed by atoms with Gasteiger partial charge in [0.25, 0.3) is 11.8 Å². The highest BCUT2D eigenvalue weighted by Crippen LogP contribution is 2.35. The van der Waals surface area contributed by atoms with Gasteiger partial charge in [-0.15, -0.1) is 0 Å². The molecule has 3 aromatic carbocycles. The van der Waals surface area contributed by atoms with Crippen molar-refractivity contribution in [2.45, 2.75) is 39.7 Å². The van der Waals surface area contributed by atoms with Crippen molar-refractivity contribution >= 4 is 29.4 Å². The minimum atomic E-state index is -0.530. The fourth-order valence-corrected chi connectivity index (χ4v) is 5.84. The molecule has 0 aromatic heterocycles. The maximum absolute atomic E-state index is 13.3. The van der Waals surface area contributed by atoms with E-state index in [0.29, 0.717) is 55.7 Å². The number of aliphatic imine (C=N–C) groups is 1. The monoisotopic (exact) mass is 597 g/mol. The number of hydrogen-bond donors (Lipinski definition) is 0. The molecule has 0 unspecified atom stereocenters. The molecular weight excluding hydrogens is 562 g/mol. The summed E-state index contributed by atoms with van der Waals surface area (Å²) in [5.74, 6) is 1.00. The zero-order chi connectivity index (χ0) is 31.0. The summed E-state index contributed by atoms with van der Waals surface area (Å²) in [7, 11) is 0. The van der Waals surface area contributed by atoms with Gasteiger partial charge in [0.1, 0.15) is 18.2 Å². The second-order valence-electron chi connectivity index (χ2n) is 11.6. The Hall–Kier alpha value is -4.77. The Kier molecular flexibility index (Phi) is 8.05. The molecule has 0 N–H and O–H groups in total. The van der Waals surface area contributed by atoms with Crippen LogP contribution in [-0.2, 0) is 0 Å². The molecule has 6 rings (SSSR count). The smallest absolute Gasteiger partial charge is 0.312 e. The van der Waals surface area contributed by atoms with Gasteiger partial charge in [-0.2, -0.15) is 0 Å². The standard InChI is InChI=1S/C33H35N5O6/c1-21-6-8-26(15-22(21)2)44-30-9-7-24(17-29(30)38(41)42)32(39)36-13-11-35(12-14-36)20-43-31-18-28-27(16-23(31)3)33(40)37-10-4-5-25(37)19-34-28/h6-9,15-19,25H,4-5,10-14,20H2,1-3H3/t25-/m0/s1. The van der Waals surface area contributed by atoms with Gasteiger partial charge >= 0.3 is 5.69 Å². The van der Waals surface area contributed by atoms with E-state index >= 15 is 0 Å². The molecule has 44 heavy (non-hydrogen) atoms. The Morgan fingerprint density at radius 1 is 0.955 bits per heavy atom. The number of rotatable bonds is 7. The van der Waals surface area contributed by atoms with Crippen LogP contribution in [0.15, 0.2) is 53.5 Å². The zero-order valence-electron chi connectivity index (χ0n) is 25.1. The van der Waals surface area contributed by atoms with Crippen molar-refractivity contribution in [1.82, 2.24) is 14.7 Å². The van der Waals surface area contributed by atoms with Crippen LogP contribution in [0.4, 0.5) is 11.4 Å². The van der Waals surface area contributed by atoms with Crippen LogP contribution in [-0.4, -0.2) is 83.1 Å². The molecule has 3 heterocycles. The van der Waals surface area contributed by atoms with Gasteiger partial charge in [-0.1, -0.05) is 6.07 Å². The summed E-state index contributed by atoms with van der Waals surface area (Å²) in [5.41, 5.74) is 4.18. The van der Waals surface area contributed by atoms with Gasteiger partial charge in [-0.3, -0.25) is 29.6 Å². The highest BCUT2D eigenvalue weighted by molar-refractivity contribution is 6.03. The Bertz CT molecular complexity index is 1660. The molecule has 0 spiro atoms. The molecule has 2 amide bonds. The van der Waals surface area contributed by atoms with E-state index < -0.39 is 4.92 Å². The lowest BCUT2D eigenvalue weighted by atomic mass is 10.1. The molecular formula is C33H35N5O6. The summed E-state index contributed by atoms with van der Waals surface area (Å²) in [6.07, 6.45) is 3.79. The molecule has 3 aromatic rings. The van der Waals surface area contributed by atoms with Gasteiger partial charge in [-0.05, 0) is 80.6 Å². The SMILES string of the molecule is Cc1ccc(Oc2ccc(C(=O)N3CCN(COc4cc5c(cc4C)C(=O)N4CCC[C@H]4C=N5)CC3)cc2[N+](=O)[O-])cc1C. The second-order valence-corrected chi connectivity index (χ2v) is 11.6. The molecule has 11 nitrogen and oxygen atoms in total. The number of ether oxygens (including phenoxy) is 2. The molecule has 3 aliphatic rings. The highest BCUT2D eigenvalue weighted by atomic mass is 16.6. The average molecular weight is 598 g/mol. The van der Waals surface area contributed by atoms with Crippen molar-refractivity contribution in [2.75, 3.05) is 39.5 Å². The van der Waals surface area contributed by atoms with E-state index in [-0.39, 0.29) is 34.9 Å². The Balaban J connectivity index is 1.07. The van der Waals surface area contributed by atoms with Gasteiger partial charge in [0.05, 0.1) is 22.2 Å². The first-order valence-electron chi connectivity index (χ1n) is 14.9. The number of benzene rings is 3. The number of amides is 2. The van der Waals surface area contributed by atoms with Crippen LogP contribution < -0.4 is 9.47 Å². The lowest BCUT2D eigenvalue weighted by Gasteiger charge is -2.34. The molecule has 0 saturated carbocycles. The molecule has 0 bridgehead atoms. The predicted octanol–water partition coefficient (Wildman–Crippen LogP) is 5.43. The summed E-state index contributed by atoms with van der Waals surface area (Å²) < 4.78 is 12.0. The number of fused-ring (bicyclic) bond motifs is 2. The molecule has 2 saturated heterocycles. The molecule has 228 valence electrons. The molecule has 11 heteroatoms. The first-order valence-corrected chi connectivity index (χ1v) is 14.9. The Morgan fingerprint density at radius 3 is 2.50 bits per heavy atom. The van der Waals surface area contributed by atoms with Crippen LogP contribution >= 0.6 is 0 Å². The fraction of sp³-hybridized carbons (Fsp3) is 0.364. The number of aryl methyl sites for hydroxylation is 3. The lowest BCUT2D eigenvalue weighted by Crippen LogP contribution is -2.49. The average Bonchev–Trinajstić information content (AvgIpc) is 3.45. The van der Waals surface area contributed by atoms with Crippen LogP contribution in [0.2, 0.25) is 0 Å². The van der Waals surface area contributed by atoms with Gasteiger partial charge in [0, 0.05) is 56.6 Å². The van der Waals surface area contributed by atoms with Crippen LogP contribution in [0.3, 0.4) is 0 Å². The molecule has 0 radical (unpaired) electrons. The largest absolute Gasteiger partial charge is 0.478 e. The quantitative estimate of drug-likeness (QED) is 0.263. The van der Waals surface area contributed by atoms with Crippen molar-refractivity contribution in [3.05, 3.63) is 86.5 Å². The van der Waals surface area contributed by atoms with Crippen molar-refractivity contribution in [3.8, 4) is 17.2 Å². The Labute approximate surface area is 255 Å². The van der Waals surface area contributed by atoms with E-state index in [2.05, 4.69) is 9.89 Å². The number of nitrogens with zero attached hydrogens (tertiary/aromatic N) is 5. The van der Waals surface area contributed by atoms with Crippen LogP contribution in [0.1, 0.15) is 50.2 Å². The zero-order valence-corrected chi connectivity index (χ0v) is 25.1. The summed E-state index contributed by atoms with van der Waals surface area (Å²) in [4.78, 5) is 48.0. The maximum atomic E-state index is 13.3. The van der Waals surface area contributed by atoms with Crippen LogP contribution in [0.25, 0.3) is 0 Å². The number of hydrogen-bond acceptors (Lipinski definition) is 8. The van der Waals surface area contributed by atoms with E-state index in [4.69, 9.17) is 9.47 Å². The van der Waals surface area contributed by atoms with Gasteiger partial charge < -0.3 is 19.3 Å². The summed E-state index contributed by atoms with van der Waals surface area (Å²) in [6.45, 7) is 9.00. The number of carbonyl (C=O) groups is 2. The van der Waals surface area contributed by atoms with Crippen molar-refractivity contribution < 1.29 is 24.0 Å². The molecule has 0 aliphatic carbocycles. The molecule has 2 fully saturated rings. The van der Waals surface area contributed by atoms with E-state index in [1.54, 1.807) is 17.0 Å². The number of nitro benzene ring substituents is 1. The van der Waals surface area contributed by atoms with Crippen molar-refractivity contribution in [2.24, 2.45) is 4.99 Å². The van der Waals surface area contributed by atoms with Gasteiger partial charge in [0.2, 0.25) is 5.75 Å². The van der Waals surface area contributed by atoms with Crippen LogP contribution in [0.5, 0.6) is 17.2 Å². The summed E-state index contributed by atoms with van der Waals surface area (Å²) >= 11 is 0. The third-order valence-corrected chi connectivity index (χ3v) is 8.64. The minimum Gasteiger partial charge on any atom is -0.478 e. The predicted molar refractivity (Wildman–Crippen MR) is 165 cm³/mol. The maximum Gasteiger partial charge on any atom is 0.312 e. The molecule has 1 atom stereocenters. The second kappa shape index (κ2) is 12.1. The van der Waals surface area contributed by atoms with E-state index in [9.17, 15) is 19.7 Å². The van der Waals surface area contributed by atoms with Crippen LogP contribution in [0, 0.1) is 30.9 Å². The van der Waals surface area contributed by atoms with Crippen molar-refractivity contribution in [1.29, 1.82) is 0 Å². The number of nitro groups is 1. The normalized spacial score (nSPS) is 18.1. The van der Waals surface area contributed by atoms with Gasteiger partial charge in [-0.25, -0.2) is 0 Å². The third kappa shape index (κ3) is 5.87. The first kappa shape index (κ1) is 29.3. The number of piperazine rings is 1. The van der Waals surface area contributed by atoms with Crippen molar-refractivity contribution in [3.63, 3.8) is 0 Å². The van der Waals surface area contributed by atoms with E-state index in [1.165, 1.54) is 12.1 Å². The summed E-state index contributed by atoms with van der Waals surface area (Å²) in [5, 5.41) is 11.9. The van der Waals surface area contributed by atoms with E-state index in [1.807, 2.05) is 56.2 Å². The van der Waals surface area contributed by atoms with Gasteiger partial charge in [0.15, 0.2) is 0 Å².